The zero-order valence-electron chi connectivity index (χ0n) is 10.3. The number of aliphatic carboxylic acids is 1. The van der Waals surface area contributed by atoms with Crippen LogP contribution in [0.25, 0.3) is 0 Å². The van der Waals surface area contributed by atoms with Crippen LogP contribution < -0.4 is 4.90 Å². The van der Waals surface area contributed by atoms with Gasteiger partial charge in [0.2, 0.25) is 0 Å². The molecule has 0 saturated heterocycles. The molecule has 1 aliphatic carbocycles. The Kier molecular flexibility index (Phi) is 4.08. The second kappa shape index (κ2) is 5.47. The number of pyridine rings is 1. The van der Waals surface area contributed by atoms with Crippen LogP contribution in [-0.2, 0) is 11.0 Å². The van der Waals surface area contributed by atoms with Crippen molar-refractivity contribution in [3.63, 3.8) is 0 Å². The summed E-state index contributed by atoms with van der Waals surface area (Å²) in [5, 5.41) is 8.59. The highest BCUT2D eigenvalue weighted by Crippen LogP contribution is 2.37. The lowest BCUT2D eigenvalue weighted by Crippen LogP contribution is -2.29. The van der Waals surface area contributed by atoms with Crippen molar-refractivity contribution in [2.75, 3.05) is 11.4 Å². The second-order valence-corrected chi connectivity index (χ2v) is 5.00. The van der Waals surface area contributed by atoms with Crippen LogP contribution in [0.15, 0.2) is 12.3 Å². The van der Waals surface area contributed by atoms with E-state index < -0.39 is 17.7 Å². The molecule has 1 heterocycles. The minimum Gasteiger partial charge on any atom is -0.481 e. The average Bonchev–Trinajstić information content (AvgIpc) is 3.13. The summed E-state index contributed by atoms with van der Waals surface area (Å²) in [5.41, 5.74) is -0.916. The summed E-state index contributed by atoms with van der Waals surface area (Å²) in [6, 6.07) is 0.927. The van der Waals surface area contributed by atoms with Crippen LogP contribution in [0.2, 0.25) is 5.02 Å². The Hall–Kier alpha value is -1.50. The molecular formula is C12H12ClF3N2O2. The Labute approximate surface area is 118 Å². The molecular weight excluding hydrogens is 297 g/mol. The number of nitrogens with zero attached hydrogens (tertiary/aromatic N) is 2. The largest absolute Gasteiger partial charge is 0.481 e. The van der Waals surface area contributed by atoms with E-state index >= 15 is 0 Å². The van der Waals surface area contributed by atoms with Gasteiger partial charge in [-0.2, -0.15) is 13.2 Å². The number of anilines is 1. The van der Waals surface area contributed by atoms with Gasteiger partial charge >= 0.3 is 12.1 Å². The predicted molar refractivity (Wildman–Crippen MR) is 66.9 cm³/mol. The summed E-state index contributed by atoms with van der Waals surface area (Å²) in [6.45, 7) is 0.179. The van der Waals surface area contributed by atoms with E-state index in [2.05, 4.69) is 4.98 Å². The van der Waals surface area contributed by atoms with E-state index in [0.29, 0.717) is 0 Å². The molecule has 0 aliphatic heterocycles. The van der Waals surface area contributed by atoms with Gasteiger partial charge in [0.1, 0.15) is 5.82 Å². The fourth-order valence-electron chi connectivity index (χ4n) is 1.86. The molecule has 0 radical (unpaired) electrons. The molecule has 8 heteroatoms. The molecule has 1 saturated carbocycles. The average molecular weight is 309 g/mol. The summed E-state index contributed by atoms with van der Waals surface area (Å²) < 4.78 is 37.6. The molecule has 110 valence electrons. The minimum atomic E-state index is -4.50. The van der Waals surface area contributed by atoms with Gasteiger partial charge in [-0.3, -0.25) is 4.79 Å². The number of halogens is 4. The monoisotopic (exact) mass is 308 g/mol. The van der Waals surface area contributed by atoms with Gasteiger partial charge in [0.05, 0.1) is 17.0 Å². The molecule has 1 N–H and O–H groups in total. The van der Waals surface area contributed by atoms with Crippen LogP contribution >= 0.6 is 11.6 Å². The van der Waals surface area contributed by atoms with Crippen LogP contribution in [0, 0.1) is 0 Å². The molecule has 0 amide bonds. The molecule has 20 heavy (non-hydrogen) atoms. The highest BCUT2D eigenvalue weighted by Gasteiger charge is 2.34. The number of aromatic nitrogens is 1. The zero-order valence-corrected chi connectivity index (χ0v) is 11.1. The van der Waals surface area contributed by atoms with E-state index in [9.17, 15) is 18.0 Å². The van der Waals surface area contributed by atoms with Crippen LogP contribution in [0.4, 0.5) is 19.0 Å². The van der Waals surface area contributed by atoms with Crippen LogP contribution in [0.3, 0.4) is 0 Å². The molecule has 4 nitrogen and oxygen atoms in total. The van der Waals surface area contributed by atoms with Crippen molar-refractivity contribution in [1.29, 1.82) is 0 Å². The van der Waals surface area contributed by atoms with Crippen molar-refractivity contribution < 1.29 is 23.1 Å². The third-order valence-corrected chi connectivity index (χ3v) is 3.25. The van der Waals surface area contributed by atoms with Crippen molar-refractivity contribution in [3.05, 3.63) is 22.8 Å². The smallest absolute Gasteiger partial charge is 0.417 e. The summed E-state index contributed by atoms with van der Waals surface area (Å²) in [7, 11) is 0. The highest BCUT2D eigenvalue weighted by molar-refractivity contribution is 6.33. The van der Waals surface area contributed by atoms with Gasteiger partial charge in [0, 0.05) is 18.8 Å². The zero-order chi connectivity index (χ0) is 14.9. The molecule has 0 atom stereocenters. The SMILES string of the molecule is O=C(O)CCN(c1ncc(C(F)(F)F)cc1Cl)C1CC1. The van der Waals surface area contributed by atoms with Crippen LogP contribution in [0.5, 0.6) is 0 Å². The van der Waals surface area contributed by atoms with Gasteiger partial charge in [0.25, 0.3) is 0 Å². The van der Waals surface area contributed by atoms with Gasteiger partial charge in [0.15, 0.2) is 0 Å². The molecule has 1 aliphatic rings. The first-order chi connectivity index (χ1) is 9.29. The van der Waals surface area contributed by atoms with Gasteiger partial charge in [-0.1, -0.05) is 11.6 Å². The molecule has 0 aromatic carbocycles. The normalized spacial score (nSPS) is 15.2. The lowest BCUT2D eigenvalue weighted by molar-refractivity contribution is -0.138. The maximum absolute atomic E-state index is 12.5. The van der Waals surface area contributed by atoms with Crippen molar-refractivity contribution in [3.8, 4) is 0 Å². The van der Waals surface area contributed by atoms with Crippen molar-refractivity contribution in [1.82, 2.24) is 4.98 Å². The molecule has 0 unspecified atom stereocenters. The summed E-state index contributed by atoms with van der Waals surface area (Å²) in [5.74, 6) is -0.762. The predicted octanol–water partition coefficient (Wildman–Crippen LogP) is 3.20. The minimum absolute atomic E-state index is 0.107. The topological polar surface area (TPSA) is 53.4 Å². The first-order valence-electron chi connectivity index (χ1n) is 6.00. The lowest BCUT2D eigenvalue weighted by atomic mass is 10.2. The second-order valence-electron chi connectivity index (χ2n) is 4.60. The highest BCUT2D eigenvalue weighted by atomic mass is 35.5. The number of carboxylic acid groups (broad SMARTS) is 1. The van der Waals surface area contributed by atoms with Crippen molar-refractivity contribution in [2.24, 2.45) is 0 Å². The third kappa shape index (κ3) is 3.53. The van der Waals surface area contributed by atoms with E-state index in [0.717, 1.165) is 25.1 Å². The number of rotatable bonds is 5. The fourth-order valence-corrected chi connectivity index (χ4v) is 2.14. The van der Waals surface area contributed by atoms with Crippen LogP contribution in [0.1, 0.15) is 24.8 Å². The van der Waals surface area contributed by atoms with Gasteiger partial charge in [-0.15, -0.1) is 0 Å². The maximum Gasteiger partial charge on any atom is 0.417 e. The van der Waals surface area contributed by atoms with Gasteiger partial charge in [-0.05, 0) is 18.9 Å². The molecule has 1 fully saturated rings. The first kappa shape index (κ1) is 14.9. The Morgan fingerprint density at radius 1 is 1.50 bits per heavy atom. The standard InChI is InChI=1S/C12H12ClF3N2O2/c13-9-5-7(12(14,15)16)6-17-11(9)18(8-1-2-8)4-3-10(19)20/h5-6,8H,1-4H2,(H,19,20). The van der Waals surface area contributed by atoms with E-state index in [-0.39, 0.29) is 29.8 Å². The number of alkyl halides is 3. The molecule has 0 bridgehead atoms. The first-order valence-corrected chi connectivity index (χ1v) is 6.38. The van der Waals surface area contributed by atoms with E-state index in [1.54, 1.807) is 4.90 Å². The van der Waals surface area contributed by atoms with E-state index in [4.69, 9.17) is 16.7 Å². The number of hydrogen-bond donors (Lipinski definition) is 1. The van der Waals surface area contributed by atoms with Crippen molar-refractivity contribution >= 4 is 23.4 Å². The van der Waals surface area contributed by atoms with E-state index in [1.165, 1.54) is 0 Å². The Bertz CT molecular complexity index is 518. The Morgan fingerprint density at radius 2 is 2.15 bits per heavy atom. The summed E-state index contributed by atoms with van der Waals surface area (Å²) >= 11 is 5.87. The fraction of sp³-hybridized carbons (Fsp3) is 0.500. The van der Waals surface area contributed by atoms with E-state index in [1.807, 2.05) is 0 Å². The molecule has 2 rings (SSSR count). The third-order valence-electron chi connectivity index (χ3n) is 2.98. The Balaban J connectivity index is 2.23. The van der Waals surface area contributed by atoms with Gasteiger partial charge in [-0.25, -0.2) is 4.98 Å². The quantitative estimate of drug-likeness (QED) is 0.907. The maximum atomic E-state index is 12.5. The summed E-state index contributed by atoms with van der Waals surface area (Å²) in [4.78, 5) is 16.0. The van der Waals surface area contributed by atoms with Crippen molar-refractivity contribution in [2.45, 2.75) is 31.5 Å². The lowest BCUT2D eigenvalue weighted by Gasteiger charge is -2.24. The van der Waals surface area contributed by atoms with Crippen LogP contribution in [-0.4, -0.2) is 28.6 Å². The molecule has 1 aromatic rings. The number of carbonyl (C=O) groups is 1. The number of hydrogen-bond acceptors (Lipinski definition) is 3. The molecule has 0 spiro atoms. The Morgan fingerprint density at radius 3 is 2.60 bits per heavy atom. The number of carboxylic acids is 1. The molecule has 1 aromatic heterocycles. The van der Waals surface area contributed by atoms with Gasteiger partial charge < -0.3 is 10.0 Å². The summed E-state index contributed by atoms with van der Waals surface area (Å²) in [6.07, 6.45) is -2.18.